The summed E-state index contributed by atoms with van der Waals surface area (Å²) in [6.07, 6.45) is 3.99. The number of amides is 1. The molecule has 1 amide bonds. The number of aryl methyl sites for hydroxylation is 1. The minimum Gasteiger partial charge on any atom is -0.378 e. The Kier molecular flexibility index (Phi) is 5.72. The predicted octanol–water partition coefficient (Wildman–Crippen LogP) is 3.97. The van der Waals surface area contributed by atoms with Gasteiger partial charge in [0.05, 0.1) is 13.2 Å². The van der Waals surface area contributed by atoms with Gasteiger partial charge in [-0.3, -0.25) is 19.1 Å². The van der Waals surface area contributed by atoms with Gasteiger partial charge in [-0.05, 0) is 66.8 Å². The van der Waals surface area contributed by atoms with E-state index in [9.17, 15) is 9.59 Å². The van der Waals surface area contributed by atoms with Gasteiger partial charge in [0.25, 0.3) is 11.5 Å². The quantitative estimate of drug-likeness (QED) is 0.642. The van der Waals surface area contributed by atoms with Crippen LogP contribution < -0.4 is 15.8 Å². The van der Waals surface area contributed by atoms with Crippen LogP contribution in [-0.2, 0) is 11.8 Å². The SMILES string of the molecule is Cc1ccc(NC(=O)c2ccnc(C3CC3)c2)cc1-c1cc(N2CCOCC2)n(C)c(=O)c1.[HH]. The molecule has 1 aliphatic heterocycles. The average Bonchev–Trinajstić information content (AvgIpc) is 3.68. The Morgan fingerprint density at radius 1 is 1.12 bits per heavy atom. The van der Waals surface area contributed by atoms with Gasteiger partial charge in [0, 0.05) is 56.7 Å². The number of anilines is 2. The molecule has 3 heterocycles. The molecule has 0 spiro atoms. The molecule has 7 heteroatoms. The van der Waals surface area contributed by atoms with E-state index in [1.54, 1.807) is 29.9 Å². The number of nitrogens with zero attached hydrogens (tertiary/aromatic N) is 3. The van der Waals surface area contributed by atoms with Gasteiger partial charge in [0.2, 0.25) is 0 Å². The first-order chi connectivity index (χ1) is 16.0. The number of morpholine rings is 1. The van der Waals surface area contributed by atoms with E-state index in [0.29, 0.717) is 30.4 Å². The minimum atomic E-state index is -0.160. The Bertz CT molecular complexity index is 1260. The maximum atomic E-state index is 12.9. The van der Waals surface area contributed by atoms with Crippen LogP contribution in [0.1, 0.15) is 41.8 Å². The molecule has 7 nitrogen and oxygen atoms in total. The zero-order valence-corrected chi connectivity index (χ0v) is 19.0. The van der Waals surface area contributed by atoms with Crippen molar-refractivity contribution in [1.82, 2.24) is 9.55 Å². The summed E-state index contributed by atoms with van der Waals surface area (Å²) in [6, 6.07) is 13.1. The molecule has 0 atom stereocenters. The van der Waals surface area contributed by atoms with Crippen LogP contribution in [0.3, 0.4) is 0 Å². The Morgan fingerprint density at radius 2 is 1.91 bits per heavy atom. The number of carbonyl (C=O) groups is 1. The van der Waals surface area contributed by atoms with E-state index in [0.717, 1.165) is 54.1 Å². The number of nitrogens with one attached hydrogen (secondary N) is 1. The largest absolute Gasteiger partial charge is 0.378 e. The molecule has 0 unspecified atom stereocenters. The summed E-state index contributed by atoms with van der Waals surface area (Å²) < 4.78 is 7.14. The first-order valence-electron chi connectivity index (χ1n) is 11.4. The zero-order chi connectivity index (χ0) is 22.9. The molecule has 2 aromatic heterocycles. The fraction of sp³-hybridized carbons (Fsp3) is 0.346. The third-order valence-electron chi connectivity index (χ3n) is 6.42. The van der Waals surface area contributed by atoms with Crippen LogP contribution in [0.25, 0.3) is 11.1 Å². The van der Waals surface area contributed by atoms with Crippen molar-refractivity contribution in [3.8, 4) is 11.1 Å². The first kappa shape index (κ1) is 21.4. The molecular formula is C26H30N4O3. The van der Waals surface area contributed by atoms with Crippen LogP contribution in [0.15, 0.2) is 53.5 Å². The molecule has 5 rings (SSSR count). The maximum absolute atomic E-state index is 12.9. The molecule has 1 aliphatic carbocycles. The van der Waals surface area contributed by atoms with Crippen LogP contribution in [-0.4, -0.2) is 41.8 Å². The predicted molar refractivity (Wildman–Crippen MR) is 131 cm³/mol. The highest BCUT2D eigenvalue weighted by Crippen LogP contribution is 2.39. The summed E-state index contributed by atoms with van der Waals surface area (Å²) in [5.41, 5.74) is 5.03. The number of rotatable bonds is 5. The summed E-state index contributed by atoms with van der Waals surface area (Å²) in [6.45, 7) is 4.81. The van der Waals surface area contributed by atoms with Crippen LogP contribution in [0.2, 0.25) is 0 Å². The molecule has 172 valence electrons. The Balaban J connectivity index is 0.00000274. The fourth-order valence-corrected chi connectivity index (χ4v) is 4.28. The molecule has 1 saturated heterocycles. The number of hydrogen-bond acceptors (Lipinski definition) is 5. The van der Waals surface area contributed by atoms with Crippen molar-refractivity contribution in [2.75, 3.05) is 36.5 Å². The van der Waals surface area contributed by atoms with E-state index in [-0.39, 0.29) is 12.9 Å². The van der Waals surface area contributed by atoms with Crippen LogP contribution >= 0.6 is 0 Å². The van der Waals surface area contributed by atoms with Gasteiger partial charge in [-0.1, -0.05) is 6.07 Å². The Morgan fingerprint density at radius 3 is 2.67 bits per heavy atom. The van der Waals surface area contributed by atoms with Gasteiger partial charge in [-0.25, -0.2) is 0 Å². The lowest BCUT2D eigenvalue weighted by atomic mass is 10.00. The second-order valence-corrected chi connectivity index (χ2v) is 8.83. The van der Waals surface area contributed by atoms with Crippen molar-refractivity contribution in [2.45, 2.75) is 25.7 Å². The number of hydrogen-bond donors (Lipinski definition) is 1. The fourth-order valence-electron chi connectivity index (χ4n) is 4.28. The second kappa shape index (κ2) is 8.83. The molecule has 1 saturated carbocycles. The van der Waals surface area contributed by atoms with Crippen molar-refractivity contribution in [3.63, 3.8) is 0 Å². The molecule has 0 radical (unpaired) electrons. The molecule has 2 fully saturated rings. The highest BCUT2D eigenvalue weighted by Gasteiger charge is 2.25. The molecule has 3 aromatic rings. The van der Waals surface area contributed by atoms with Crippen molar-refractivity contribution in [1.29, 1.82) is 0 Å². The number of pyridine rings is 2. The summed E-state index contributed by atoms with van der Waals surface area (Å²) in [5, 5.41) is 3.01. The molecule has 33 heavy (non-hydrogen) atoms. The van der Waals surface area contributed by atoms with E-state index in [1.165, 1.54) is 0 Å². The van der Waals surface area contributed by atoms with Gasteiger partial charge in [0.1, 0.15) is 5.82 Å². The van der Waals surface area contributed by atoms with Crippen molar-refractivity contribution >= 4 is 17.4 Å². The molecule has 1 aromatic carbocycles. The van der Waals surface area contributed by atoms with E-state index in [2.05, 4.69) is 15.2 Å². The van der Waals surface area contributed by atoms with Crippen molar-refractivity contribution < 1.29 is 11.0 Å². The molecule has 2 aliphatic rings. The van der Waals surface area contributed by atoms with Gasteiger partial charge in [0.15, 0.2) is 0 Å². The molecule has 0 bridgehead atoms. The van der Waals surface area contributed by atoms with E-state index >= 15 is 0 Å². The standard InChI is InChI=1S/C26H28N4O3.H2/c1-17-3-6-21(28-26(32)19-7-8-27-23(13-19)18-4-5-18)16-22(17)20-14-24(29(2)25(31)15-20)30-9-11-33-12-10-30;/h3,6-8,13-16,18H,4-5,9-12H2,1-2H3,(H,28,32);1H. The first-order valence-corrected chi connectivity index (χ1v) is 11.4. The van der Waals surface area contributed by atoms with Crippen LogP contribution in [0, 0.1) is 6.92 Å². The van der Waals surface area contributed by atoms with E-state index in [4.69, 9.17) is 4.74 Å². The highest BCUT2D eigenvalue weighted by molar-refractivity contribution is 6.04. The lowest BCUT2D eigenvalue weighted by Gasteiger charge is -2.30. The van der Waals surface area contributed by atoms with Gasteiger partial charge >= 0.3 is 0 Å². The average molecular weight is 447 g/mol. The monoisotopic (exact) mass is 446 g/mol. The number of carbonyl (C=O) groups excluding carboxylic acids is 1. The Labute approximate surface area is 194 Å². The van der Waals surface area contributed by atoms with Crippen LogP contribution in [0.5, 0.6) is 0 Å². The number of aromatic nitrogens is 2. The van der Waals surface area contributed by atoms with Gasteiger partial charge < -0.3 is 15.0 Å². The lowest BCUT2D eigenvalue weighted by molar-refractivity contribution is 0.102. The van der Waals surface area contributed by atoms with Gasteiger partial charge in [-0.15, -0.1) is 0 Å². The van der Waals surface area contributed by atoms with E-state index in [1.807, 2.05) is 37.3 Å². The summed E-state index contributed by atoms with van der Waals surface area (Å²) in [5.74, 6) is 1.20. The normalized spacial score (nSPS) is 16.0. The van der Waals surface area contributed by atoms with Gasteiger partial charge in [-0.2, -0.15) is 0 Å². The minimum absolute atomic E-state index is 0. The highest BCUT2D eigenvalue weighted by atomic mass is 16.5. The van der Waals surface area contributed by atoms with Crippen molar-refractivity contribution in [3.05, 3.63) is 75.8 Å². The number of benzene rings is 1. The smallest absolute Gasteiger partial charge is 0.255 e. The molecular weight excluding hydrogens is 416 g/mol. The third-order valence-corrected chi connectivity index (χ3v) is 6.42. The third kappa shape index (κ3) is 4.54. The Hall–Kier alpha value is -3.45. The summed E-state index contributed by atoms with van der Waals surface area (Å²) >= 11 is 0. The number of ether oxygens (including phenoxy) is 1. The topological polar surface area (TPSA) is 76.5 Å². The molecule has 1 N–H and O–H groups in total. The zero-order valence-electron chi connectivity index (χ0n) is 19.0. The summed E-state index contributed by atoms with van der Waals surface area (Å²) in [4.78, 5) is 32.2. The van der Waals surface area contributed by atoms with E-state index < -0.39 is 0 Å². The maximum Gasteiger partial charge on any atom is 0.255 e. The lowest BCUT2D eigenvalue weighted by Crippen LogP contribution is -2.39. The summed E-state index contributed by atoms with van der Waals surface area (Å²) in [7, 11) is 1.80. The second-order valence-electron chi connectivity index (χ2n) is 8.83. The van der Waals surface area contributed by atoms with Crippen molar-refractivity contribution in [2.24, 2.45) is 7.05 Å². The van der Waals surface area contributed by atoms with Crippen LogP contribution in [0.4, 0.5) is 11.5 Å².